The number of hydrogen-bond acceptors (Lipinski definition) is 5. The molecule has 4 N–H and O–H groups in total. The minimum Gasteiger partial charge on any atom is -0.464 e. The van der Waals surface area contributed by atoms with E-state index in [-0.39, 0.29) is 12.5 Å². The number of nitrogens with two attached hydrogens (primary N) is 1. The van der Waals surface area contributed by atoms with Crippen LogP contribution in [0.5, 0.6) is 0 Å². The summed E-state index contributed by atoms with van der Waals surface area (Å²) in [6.45, 7) is 6.23. The van der Waals surface area contributed by atoms with Crippen LogP contribution in [0.4, 0.5) is 0 Å². The van der Waals surface area contributed by atoms with Crippen LogP contribution in [0, 0.1) is 6.92 Å². The van der Waals surface area contributed by atoms with Crippen molar-refractivity contribution in [3.63, 3.8) is 0 Å². The molecule has 18 heavy (non-hydrogen) atoms. The highest BCUT2D eigenvalue weighted by molar-refractivity contribution is 5.94. The number of rotatable bonds is 7. The van der Waals surface area contributed by atoms with Gasteiger partial charge in [-0.15, -0.1) is 0 Å². The van der Waals surface area contributed by atoms with E-state index in [0.29, 0.717) is 17.9 Å². The van der Waals surface area contributed by atoms with Gasteiger partial charge in [-0.25, -0.2) is 5.84 Å². The average Bonchev–Trinajstić information content (AvgIpc) is 2.74. The zero-order valence-electron chi connectivity index (χ0n) is 10.9. The van der Waals surface area contributed by atoms with E-state index in [9.17, 15) is 4.79 Å². The van der Waals surface area contributed by atoms with Crippen LogP contribution in [0.3, 0.4) is 0 Å². The van der Waals surface area contributed by atoms with Crippen molar-refractivity contribution in [2.24, 2.45) is 5.84 Å². The number of nitrogens with one attached hydrogen (secondary N) is 1. The smallest absolute Gasteiger partial charge is 0.268 e. The third kappa shape index (κ3) is 3.83. The molecule has 0 radical (unpaired) electrons. The van der Waals surface area contributed by atoms with Gasteiger partial charge in [-0.05, 0) is 26.0 Å². The lowest BCUT2D eigenvalue weighted by atomic mass is 10.2. The first-order valence-electron chi connectivity index (χ1n) is 6.05. The van der Waals surface area contributed by atoms with Gasteiger partial charge < -0.3 is 9.52 Å². The molecule has 0 aliphatic rings. The van der Waals surface area contributed by atoms with Gasteiger partial charge in [-0.3, -0.25) is 15.1 Å². The second-order valence-electron chi connectivity index (χ2n) is 4.10. The van der Waals surface area contributed by atoms with E-state index in [1.807, 2.05) is 6.92 Å². The minimum atomic E-state index is -0.346. The molecule has 1 amide bonds. The number of aliphatic hydroxyl groups excluding tert-OH is 1. The monoisotopic (exact) mass is 255 g/mol. The number of amides is 1. The molecule has 0 fully saturated rings. The van der Waals surface area contributed by atoms with Crippen molar-refractivity contribution in [1.82, 2.24) is 10.3 Å². The van der Waals surface area contributed by atoms with Crippen LogP contribution in [0.1, 0.15) is 35.2 Å². The van der Waals surface area contributed by atoms with Crippen LogP contribution in [0.25, 0.3) is 0 Å². The zero-order chi connectivity index (χ0) is 13.5. The Morgan fingerprint density at radius 2 is 2.33 bits per heavy atom. The lowest BCUT2D eigenvalue weighted by molar-refractivity contribution is 0.0952. The summed E-state index contributed by atoms with van der Waals surface area (Å²) in [6, 6.07) is 1.71. The third-order valence-electron chi connectivity index (χ3n) is 2.80. The predicted octanol–water partition coefficient (Wildman–Crippen LogP) is 0.396. The van der Waals surface area contributed by atoms with Gasteiger partial charge in [0.25, 0.3) is 5.91 Å². The average molecular weight is 255 g/mol. The molecular weight excluding hydrogens is 234 g/mol. The van der Waals surface area contributed by atoms with Crippen molar-refractivity contribution < 1.29 is 14.3 Å². The quantitative estimate of drug-likeness (QED) is 0.372. The highest BCUT2D eigenvalue weighted by Gasteiger charge is 2.15. The summed E-state index contributed by atoms with van der Waals surface area (Å²) in [6.07, 6.45) is 0.726. The molecule has 0 unspecified atom stereocenters. The van der Waals surface area contributed by atoms with Gasteiger partial charge in [0, 0.05) is 13.2 Å². The Balaban J connectivity index is 2.69. The van der Waals surface area contributed by atoms with Crippen LogP contribution in [-0.4, -0.2) is 35.6 Å². The number of nitrogen functional groups attached to an aromatic ring is 1. The summed E-state index contributed by atoms with van der Waals surface area (Å²) in [7, 11) is 0. The van der Waals surface area contributed by atoms with Gasteiger partial charge in [-0.2, -0.15) is 0 Å². The minimum absolute atomic E-state index is 0.175. The number of furan rings is 1. The molecule has 0 aliphatic heterocycles. The van der Waals surface area contributed by atoms with Crippen molar-refractivity contribution in [3.05, 3.63) is 23.2 Å². The molecule has 6 heteroatoms. The molecule has 1 rings (SSSR count). The Hall–Kier alpha value is -1.37. The van der Waals surface area contributed by atoms with Gasteiger partial charge in [0.15, 0.2) is 0 Å². The summed E-state index contributed by atoms with van der Waals surface area (Å²) in [5, 5.41) is 8.81. The predicted molar refractivity (Wildman–Crippen MR) is 67.8 cm³/mol. The number of aryl methyl sites for hydroxylation is 1. The Kier molecular flexibility index (Phi) is 5.84. The molecule has 0 saturated carbocycles. The van der Waals surface area contributed by atoms with Crippen molar-refractivity contribution in [2.45, 2.75) is 26.8 Å². The van der Waals surface area contributed by atoms with E-state index in [1.165, 1.54) is 0 Å². The molecule has 1 aromatic rings. The number of hydrogen-bond donors (Lipinski definition) is 3. The number of carbonyl (C=O) groups excluding carboxylic acids is 1. The van der Waals surface area contributed by atoms with Crippen LogP contribution >= 0.6 is 0 Å². The first-order chi connectivity index (χ1) is 8.62. The van der Waals surface area contributed by atoms with Gasteiger partial charge in [0.05, 0.1) is 12.1 Å². The van der Waals surface area contributed by atoms with Gasteiger partial charge in [-0.1, -0.05) is 6.92 Å². The number of aliphatic hydroxyl groups is 1. The fourth-order valence-electron chi connectivity index (χ4n) is 1.79. The number of hydrazine groups is 1. The van der Waals surface area contributed by atoms with E-state index >= 15 is 0 Å². The maximum absolute atomic E-state index is 11.4. The van der Waals surface area contributed by atoms with Crippen LogP contribution in [0.2, 0.25) is 0 Å². The standard InChI is InChI=1S/C12H21N3O3/c1-3-15(5-4-6-16)8-10-7-11(9(2)18-10)12(17)14-13/h7,16H,3-6,8,13H2,1-2H3,(H,14,17). The lowest BCUT2D eigenvalue weighted by Crippen LogP contribution is -2.30. The van der Waals surface area contributed by atoms with E-state index < -0.39 is 0 Å². The SMILES string of the molecule is CCN(CCCO)Cc1cc(C(=O)NN)c(C)o1. The summed E-state index contributed by atoms with van der Waals surface area (Å²) in [5.74, 6) is 6.04. The Labute approximate surface area is 107 Å². The molecule has 6 nitrogen and oxygen atoms in total. The number of nitrogens with zero attached hydrogens (tertiary/aromatic N) is 1. The molecule has 0 aromatic carbocycles. The Bertz CT molecular complexity index is 390. The molecule has 0 spiro atoms. The summed E-state index contributed by atoms with van der Waals surface area (Å²) >= 11 is 0. The van der Waals surface area contributed by atoms with Crippen molar-refractivity contribution in [2.75, 3.05) is 19.7 Å². The van der Waals surface area contributed by atoms with E-state index in [2.05, 4.69) is 10.3 Å². The summed E-state index contributed by atoms with van der Waals surface area (Å²) in [5.41, 5.74) is 2.56. The summed E-state index contributed by atoms with van der Waals surface area (Å²) < 4.78 is 5.53. The maximum Gasteiger partial charge on any atom is 0.268 e. The first-order valence-corrected chi connectivity index (χ1v) is 6.05. The van der Waals surface area contributed by atoms with Crippen LogP contribution in [0.15, 0.2) is 10.5 Å². The zero-order valence-corrected chi connectivity index (χ0v) is 10.9. The molecule has 0 bridgehead atoms. The van der Waals surface area contributed by atoms with Gasteiger partial charge >= 0.3 is 0 Å². The van der Waals surface area contributed by atoms with E-state index in [0.717, 1.165) is 25.3 Å². The van der Waals surface area contributed by atoms with Gasteiger partial charge in [0.1, 0.15) is 11.5 Å². The Morgan fingerprint density at radius 3 is 2.89 bits per heavy atom. The molecule has 0 saturated heterocycles. The van der Waals surface area contributed by atoms with E-state index in [4.69, 9.17) is 15.4 Å². The van der Waals surface area contributed by atoms with Crippen molar-refractivity contribution in [3.8, 4) is 0 Å². The highest BCUT2D eigenvalue weighted by Crippen LogP contribution is 2.16. The molecule has 0 atom stereocenters. The normalized spacial score (nSPS) is 10.9. The number of carbonyl (C=O) groups is 1. The fourth-order valence-corrected chi connectivity index (χ4v) is 1.79. The first kappa shape index (κ1) is 14.7. The molecule has 1 heterocycles. The maximum atomic E-state index is 11.4. The topological polar surface area (TPSA) is 91.7 Å². The third-order valence-corrected chi connectivity index (χ3v) is 2.80. The largest absolute Gasteiger partial charge is 0.464 e. The molecule has 0 aliphatic carbocycles. The second-order valence-corrected chi connectivity index (χ2v) is 4.10. The lowest BCUT2D eigenvalue weighted by Gasteiger charge is -2.18. The molecule has 102 valence electrons. The highest BCUT2D eigenvalue weighted by atomic mass is 16.3. The van der Waals surface area contributed by atoms with Crippen molar-refractivity contribution >= 4 is 5.91 Å². The van der Waals surface area contributed by atoms with E-state index in [1.54, 1.807) is 13.0 Å². The fraction of sp³-hybridized carbons (Fsp3) is 0.583. The molecule has 1 aromatic heterocycles. The van der Waals surface area contributed by atoms with Crippen LogP contribution < -0.4 is 11.3 Å². The van der Waals surface area contributed by atoms with Crippen LogP contribution in [-0.2, 0) is 6.54 Å². The summed E-state index contributed by atoms with van der Waals surface area (Å²) in [4.78, 5) is 13.6. The van der Waals surface area contributed by atoms with Gasteiger partial charge in [0.2, 0.25) is 0 Å². The van der Waals surface area contributed by atoms with Crippen molar-refractivity contribution in [1.29, 1.82) is 0 Å². The second kappa shape index (κ2) is 7.15. The Morgan fingerprint density at radius 1 is 1.61 bits per heavy atom. The molecular formula is C12H21N3O3.